The summed E-state index contributed by atoms with van der Waals surface area (Å²) in [5.41, 5.74) is 2.75. The summed E-state index contributed by atoms with van der Waals surface area (Å²) < 4.78 is 7.86. The van der Waals surface area contributed by atoms with Crippen LogP contribution in [-0.2, 0) is 6.54 Å². The van der Waals surface area contributed by atoms with Crippen molar-refractivity contribution in [3.63, 3.8) is 0 Å². The van der Waals surface area contributed by atoms with Crippen molar-refractivity contribution >= 4 is 19.0 Å². The van der Waals surface area contributed by atoms with Gasteiger partial charge in [0.2, 0.25) is 0 Å². The fraction of sp³-hybridized carbons (Fsp3) is 0.227. The van der Waals surface area contributed by atoms with Crippen molar-refractivity contribution in [2.45, 2.75) is 25.9 Å². The molecule has 1 fully saturated rings. The summed E-state index contributed by atoms with van der Waals surface area (Å²) >= 11 is 0. The van der Waals surface area contributed by atoms with Crippen molar-refractivity contribution in [2.75, 3.05) is 6.54 Å². The van der Waals surface area contributed by atoms with Crippen molar-refractivity contribution in [1.82, 2.24) is 24.6 Å². The first-order chi connectivity index (χ1) is 14.2. The molecule has 0 aliphatic carbocycles. The maximum Gasteiger partial charge on any atom is 0.185 e. The number of nitrogens with zero attached hydrogens (tertiary/aromatic N) is 5. The Bertz CT molecular complexity index is 1110. The number of rotatable bonds is 6. The molecule has 3 aromatic rings. The molecule has 0 amide bonds. The van der Waals surface area contributed by atoms with Crippen molar-refractivity contribution in [2.24, 2.45) is 0 Å². The molecule has 1 aliphatic rings. The maximum atomic E-state index is 5.86. The molecule has 0 N–H and O–H groups in total. The van der Waals surface area contributed by atoms with Crippen LogP contribution in [0.5, 0.6) is 5.75 Å². The van der Waals surface area contributed by atoms with Crippen LogP contribution in [0.25, 0.3) is 22.3 Å². The standard InChI is InChI=1S/C22H22BN5O/c1-3-5-6-18(4-2)29-19-9-7-16(8-10-19)21-20-13-24-15-25-22(20)28(26-21)14-17-11-12-27(17)23/h1,4-10,13,15,17H,11-12,14,23H2,2H3/b6-5-,18-4+. The molecule has 1 aromatic carbocycles. The fourth-order valence-corrected chi connectivity index (χ4v) is 3.39. The molecule has 7 heteroatoms. The van der Waals surface area contributed by atoms with Crippen molar-refractivity contribution in [3.8, 4) is 29.4 Å². The zero-order valence-electron chi connectivity index (χ0n) is 16.6. The van der Waals surface area contributed by atoms with E-state index in [0.717, 1.165) is 41.1 Å². The van der Waals surface area contributed by atoms with Crippen LogP contribution in [0.2, 0.25) is 0 Å². The molecule has 0 bridgehead atoms. The molecule has 29 heavy (non-hydrogen) atoms. The number of benzene rings is 1. The van der Waals surface area contributed by atoms with Gasteiger partial charge in [0, 0.05) is 17.8 Å². The van der Waals surface area contributed by atoms with Crippen molar-refractivity contribution in [1.29, 1.82) is 0 Å². The number of hydrogen-bond acceptors (Lipinski definition) is 5. The van der Waals surface area contributed by atoms with Gasteiger partial charge < -0.3 is 9.55 Å². The summed E-state index contributed by atoms with van der Waals surface area (Å²) in [5.74, 6) is 3.90. The number of hydrogen-bond donors (Lipinski definition) is 0. The lowest BCUT2D eigenvalue weighted by atomic mass is 9.98. The third-order valence-electron chi connectivity index (χ3n) is 5.23. The lowest BCUT2D eigenvalue weighted by molar-refractivity contribution is 0.181. The van der Waals surface area contributed by atoms with Crippen LogP contribution >= 0.6 is 0 Å². The Labute approximate surface area is 171 Å². The predicted molar refractivity (Wildman–Crippen MR) is 117 cm³/mol. The van der Waals surface area contributed by atoms with Crippen LogP contribution in [0.15, 0.2) is 60.8 Å². The second-order valence-electron chi connectivity index (χ2n) is 7.03. The summed E-state index contributed by atoms with van der Waals surface area (Å²) in [6, 6.07) is 8.37. The monoisotopic (exact) mass is 383 g/mol. The van der Waals surface area contributed by atoms with Gasteiger partial charge in [0.1, 0.15) is 23.5 Å². The molecule has 1 atom stereocenters. The molecule has 1 unspecified atom stereocenters. The fourth-order valence-electron chi connectivity index (χ4n) is 3.39. The van der Waals surface area contributed by atoms with Gasteiger partial charge in [0.15, 0.2) is 13.6 Å². The first kappa shape index (κ1) is 19.0. The van der Waals surface area contributed by atoms with Gasteiger partial charge in [0.25, 0.3) is 0 Å². The number of allylic oxidation sites excluding steroid dienone is 3. The highest BCUT2D eigenvalue weighted by Crippen LogP contribution is 2.29. The van der Waals surface area contributed by atoms with E-state index in [-0.39, 0.29) is 0 Å². The molecular formula is C22H22BN5O. The molecule has 0 radical (unpaired) electrons. The molecule has 0 saturated carbocycles. The highest BCUT2D eigenvalue weighted by atomic mass is 16.5. The second kappa shape index (κ2) is 8.33. The van der Waals surface area contributed by atoms with E-state index in [0.29, 0.717) is 11.8 Å². The molecule has 3 heterocycles. The van der Waals surface area contributed by atoms with E-state index in [2.05, 4.69) is 28.7 Å². The van der Waals surface area contributed by atoms with E-state index < -0.39 is 0 Å². The Kier molecular flexibility index (Phi) is 5.45. The summed E-state index contributed by atoms with van der Waals surface area (Å²) in [5, 5.41) is 5.82. The number of fused-ring (bicyclic) bond motifs is 1. The third kappa shape index (κ3) is 3.93. The van der Waals surface area contributed by atoms with Gasteiger partial charge in [-0.2, -0.15) is 5.10 Å². The van der Waals surface area contributed by atoms with E-state index in [4.69, 9.17) is 16.3 Å². The van der Waals surface area contributed by atoms with E-state index >= 15 is 0 Å². The Morgan fingerprint density at radius 2 is 2.21 bits per heavy atom. The Balaban J connectivity index is 1.61. The average molecular weight is 383 g/mol. The van der Waals surface area contributed by atoms with Crippen LogP contribution in [0.4, 0.5) is 0 Å². The Morgan fingerprint density at radius 1 is 1.38 bits per heavy atom. The summed E-state index contributed by atoms with van der Waals surface area (Å²) in [7, 11) is 2.15. The van der Waals surface area contributed by atoms with Gasteiger partial charge in [-0.3, -0.25) is 0 Å². The Morgan fingerprint density at radius 3 is 2.86 bits per heavy atom. The largest absolute Gasteiger partial charge is 0.458 e. The molecule has 4 rings (SSSR count). The topological polar surface area (TPSA) is 56.1 Å². The minimum absolute atomic E-state index is 0.506. The number of ether oxygens (including phenoxy) is 1. The molecule has 0 spiro atoms. The lowest BCUT2D eigenvalue weighted by Gasteiger charge is -2.38. The summed E-state index contributed by atoms with van der Waals surface area (Å²) in [4.78, 5) is 11.0. The third-order valence-corrected chi connectivity index (χ3v) is 5.23. The minimum atomic E-state index is 0.506. The second-order valence-corrected chi connectivity index (χ2v) is 7.03. The molecule has 144 valence electrons. The quantitative estimate of drug-likeness (QED) is 0.284. The SMILES string of the molecule is BN1CCC1Cn1nc(-c2ccc(OC(/C=C\C#C)=C/C)cc2)c2cncnc21. The van der Waals surface area contributed by atoms with Crippen molar-refractivity contribution in [3.05, 3.63) is 60.8 Å². The Hall–Kier alpha value is -3.37. The number of aromatic nitrogens is 4. The zero-order valence-corrected chi connectivity index (χ0v) is 16.6. The highest BCUT2D eigenvalue weighted by Gasteiger charge is 2.25. The highest BCUT2D eigenvalue weighted by molar-refractivity contribution is 6.05. The first-order valence-electron chi connectivity index (χ1n) is 9.63. The molecular weight excluding hydrogens is 361 g/mol. The van der Waals surface area contributed by atoms with Crippen LogP contribution in [0.3, 0.4) is 0 Å². The van der Waals surface area contributed by atoms with Gasteiger partial charge in [0.05, 0.1) is 11.9 Å². The van der Waals surface area contributed by atoms with Crippen LogP contribution < -0.4 is 4.74 Å². The molecule has 1 aliphatic heterocycles. The normalized spacial score (nSPS) is 17.4. The van der Waals surface area contributed by atoms with Crippen molar-refractivity contribution < 1.29 is 4.74 Å². The van der Waals surface area contributed by atoms with Gasteiger partial charge in [-0.1, -0.05) is 5.92 Å². The van der Waals surface area contributed by atoms with Gasteiger partial charge in [-0.05, 0) is 62.4 Å². The van der Waals surface area contributed by atoms with Gasteiger partial charge >= 0.3 is 0 Å². The first-order valence-corrected chi connectivity index (χ1v) is 9.63. The smallest absolute Gasteiger partial charge is 0.185 e. The van der Waals surface area contributed by atoms with E-state index in [9.17, 15) is 0 Å². The van der Waals surface area contributed by atoms with E-state index in [1.165, 1.54) is 6.42 Å². The van der Waals surface area contributed by atoms with E-state index in [1.807, 2.05) is 48.1 Å². The summed E-state index contributed by atoms with van der Waals surface area (Å²) in [6.07, 6.45) is 15.1. The van der Waals surface area contributed by atoms with Crippen LogP contribution in [0, 0.1) is 12.3 Å². The average Bonchev–Trinajstić information content (AvgIpc) is 3.13. The van der Waals surface area contributed by atoms with Crippen LogP contribution in [0.1, 0.15) is 13.3 Å². The lowest BCUT2D eigenvalue weighted by Crippen LogP contribution is -2.48. The zero-order chi connectivity index (χ0) is 20.2. The van der Waals surface area contributed by atoms with Gasteiger partial charge in [-0.25, -0.2) is 14.6 Å². The predicted octanol–water partition coefficient (Wildman–Crippen LogP) is 2.59. The molecule has 6 nitrogen and oxygen atoms in total. The van der Waals surface area contributed by atoms with E-state index in [1.54, 1.807) is 18.5 Å². The maximum absolute atomic E-state index is 5.86. The summed E-state index contributed by atoms with van der Waals surface area (Å²) in [6.45, 7) is 3.87. The number of terminal acetylenes is 1. The molecule has 2 aromatic heterocycles. The minimum Gasteiger partial charge on any atom is -0.458 e. The van der Waals surface area contributed by atoms with Gasteiger partial charge in [-0.15, -0.1) is 6.42 Å². The van der Waals surface area contributed by atoms with Crippen LogP contribution in [-0.4, -0.2) is 45.1 Å². The molecule has 1 saturated heterocycles.